The molecular weight excluding hydrogens is 548 g/mol. The van der Waals surface area contributed by atoms with E-state index in [1.165, 1.54) is 55.5 Å². The highest BCUT2D eigenvalue weighted by Gasteiger charge is 2.45. The van der Waals surface area contributed by atoms with Crippen molar-refractivity contribution in [1.29, 1.82) is 0 Å². The molecule has 3 aliphatic rings. The van der Waals surface area contributed by atoms with E-state index in [9.17, 15) is 5.11 Å². The first-order valence-corrected chi connectivity index (χ1v) is 16.7. The Morgan fingerprint density at radius 3 is 2.11 bits per heavy atom. The average molecular weight is 594 g/mol. The van der Waals surface area contributed by atoms with E-state index in [1.807, 2.05) is 0 Å². The van der Waals surface area contributed by atoms with Crippen LogP contribution in [0.4, 0.5) is 11.4 Å². The van der Waals surface area contributed by atoms with Crippen LogP contribution in [0, 0.1) is 0 Å². The van der Waals surface area contributed by atoms with E-state index in [0.717, 1.165) is 43.5 Å². The van der Waals surface area contributed by atoms with Crippen molar-refractivity contribution in [2.45, 2.75) is 71.6 Å². The lowest BCUT2D eigenvalue weighted by Gasteiger charge is -2.26. The van der Waals surface area contributed by atoms with Crippen molar-refractivity contribution in [3.8, 4) is 0 Å². The molecule has 0 bridgehead atoms. The Kier molecular flexibility index (Phi) is 7.11. The van der Waals surface area contributed by atoms with Crippen molar-refractivity contribution in [1.82, 2.24) is 0 Å². The molecule has 0 saturated carbocycles. The van der Waals surface area contributed by atoms with Crippen LogP contribution in [0.25, 0.3) is 21.5 Å². The predicted octanol–water partition coefficient (Wildman–Crippen LogP) is 10.6. The zero-order chi connectivity index (χ0) is 31.5. The Morgan fingerprint density at radius 1 is 0.756 bits per heavy atom. The Balaban J connectivity index is 1.25. The highest BCUT2D eigenvalue weighted by atomic mass is 16.3. The van der Waals surface area contributed by atoms with E-state index in [2.05, 4.69) is 148 Å². The second kappa shape index (κ2) is 10.9. The lowest BCUT2D eigenvalue weighted by Crippen LogP contribution is -2.27. The molecule has 2 heterocycles. The van der Waals surface area contributed by atoms with Gasteiger partial charge in [0.1, 0.15) is 12.3 Å². The van der Waals surface area contributed by atoms with Gasteiger partial charge in [-0.15, -0.1) is 0 Å². The third-order valence-electron chi connectivity index (χ3n) is 10.5. The molecule has 0 atom stereocenters. The molecule has 4 aromatic rings. The maximum Gasteiger partial charge on any atom is 0.210 e. The average Bonchev–Trinajstić information content (AvgIpc) is 3.41. The number of rotatable bonds is 5. The monoisotopic (exact) mass is 593 g/mol. The number of allylic oxidation sites excluding steroid dienone is 7. The molecule has 1 N–H and O–H groups in total. The van der Waals surface area contributed by atoms with Gasteiger partial charge in [-0.25, -0.2) is 0 Å². The number of anilines is 1. The van der Waals surface area contributed by atoms with Crippen LogP contribution >= 0.6 is 0 Å². The fourth-order valence-electron chi connectivity index (χ4n) is 8.35. The Bertz CT molecular complexity index is 2010. The Hall–Kier alpha value is -4.37. The predicted molar refractivity (Wildman–Crippen MR) is 191 cm³/mol. The molecule has 7 rings (SSSR count). The molecule has 0 spiro atoms. The van der Waals surface area contributed by atoms with Gasteiger partial charge in [0.15, 0.2) is 5.71 Å². The summed E-state index contributed by atoms with van der Waals surface area (Å²) >= 11 is 0. The maximum atomic E-state index is 11.6. The van der Waals surface area contributed by atoms with Gasteiger partial charge in [0.05, 0.1) is 5.41 Å². The van der Waals surface area contributed by atoms with Crippen LogP contribution < -0.4 is 4.90 Å². The van der Waals surface area contributed by atoms with Gasteiger partial charge in [0.2, 0.25) is 5.69 Å². The van der Waals surface area contributed by atoms with Gasteiger partial charge >= 0.3 is 0 Å². The van der Waals surface area contributed by atoms with Crippen molar-refractivity contribution in [2.24, 2.45) is 0 Å². The highest BCUT2D eigenvalue weighted by molar-refractivity contribution is 6.07. The number of fused-ring (bicyclic) bond motifs is 6. The standard InChI is InChI=1S/C42H44N2O/c1-7-43-34-24-20-28-14-9-11-18-32(28)38(34)41(3,4)36(43)26-22-30-16-13-17-31(40(30)45)23-27-37-42(5,6)39-33-19-12-10-15-29(33)21-25-35(39)44(37)8-2/h9-12,14-15,18-27H,7-8,13,16-17H2,1-6H3/p+1/b30-22+,36-26+. The van der Waals surface area contributed by atoms with E-state index in [-0.39, 0.29) is 10.8 Å². The number of likely N-dealkylation sites (N-methyl/N-ethyl adjacent to an activating group) is 1. The molecule has 0 radical (unpaired) electrons. The molecule has 228 valence electrons. The van der Waals surface area contributed by atoms with Crippen molar-refractivity contribution in [3.05, 3.63) is 131 Å². The summed E-state index contributed by atoms with van der Waals surface area (Å²) < 4.78 is 2.45. The Morgan fingerprint density at radius 2 is 1.42 bits per heavy atom. The molecule has 45 heavy (non-hydrogen) atoms. The van der Waals surface area contributed by atoms with Gasteiger partial charge in [0.25, 0.3) is 0 Å². The smallest absolute Gasteiger partial charge is 0.210 e. The lowest BCUT2D eigenvalue weighted by atomic mass is 9.78. The van der Waals surface area contributed by atoms with Gasteiger partial charge < -0.3 is 10.0 Å². The van der Waals surface area contributed by atoms with Crippen LogP contribution in [0.2, 0.25) is 0 Å². The normalized spacial score (nSPS) is 20.8. The first-order chi connectivity index (χ1) is 21.7. The number of hydrogen-bond acceptors (Lipinski definition) is 2. The minimum Gasteiger partial charge on any atom is -0.507 e. The Labute approximate surface area is 268 Å². The summed E-state index contributed by atoms with van der Waals surface area (Å²) in [5.74, 6) is 0.443. The van der Waals surface area contributed by atoms with Crippen molar-refractivity contribution < 1.29 is 9.68 Å². The zero-order valence-electron chi connectivity index (χ0n) is 27.6. The van der Waals surface area contributed by atoms with Gasteiger partial charge in [-0.05, 0) is 109 Å². The number of aliphatic hydroxyl groups excluding tert-OH is 1. The van der Waals surface area contributed by atoms with Gasteiger partial charge in [0, 0.05) is 41.1 Å². The fourth-order valence-corrected chi connectivity index (χ4v) is 8.35. The molecular formula is C42H45N2O+. The van der Waals surface area contributed by atoms with Crippen LogP contribution in [-0.4, -0.2) is 28.5 Å². The molecule has 0 aromatic heterocycles. The number of hydrogen-bond donors (Lipinski definition) is 1. The second-order valence-corrected chi connectivity index (χ2v) is 13.8. The number of aliphatic hydroxyl groups is 1. The first kappa shape index (κ1) is 29.3. The summed E-state index contributed by atoms with van der Waals surface area (Å²) in [4.78, 5) is 2.45. The molecule has 0 fully saturated rings. The highest BCUT2D eigenvalue weighted by Crippen LogP contribution is 2.51. The summed E-state index contributed by atoms with van der Waals surface area (Å²) in [5, 5.41) is 16.8. The molecule has 3 nitrogen and oxygen atoms in total. The van der Waals surface area contributed by atoms with E-state index < -0.39 is 0 Å². The maximum absolute atomic E-state index is 11.6. The topological polar surface area (TPSA) is 26.5 Å². The summed E-state index contributed by atoms with van der Waals surface area (Å²) in [5.41, 5.74) is 9.70. The fraction of sp³-hybridized carbons (Fsp3) is 0.310. The molecule has 1 aliphatic carbocycles. The van der Waals surface area contributed by atoms with E-state index in [1.54, 1.807) is 0 Å². The lowest BCUT2D eigenvalue weighted by molar-refractivity contribution is -0.433. The summed E-state index contributed by atoms with van der Waals surface area (Å²) in [6, 6.07) is 26.5. The van der Waals surface area contributed by atoms with Crippen LogP contribution in [0.1, 0.15) is 71.9 Å². The third kappa shape index (κ3) is 4.50. The summed E-state index contributed by atoms with van der Waals surface area (Å²) in [6.45, 7) is 15.6. The van der Waals surface area contributed by atoms with Crippen LogP contribution in [0.5, 0.6) is 0 Å². The van der Waals surface area contributed by atoms with Gasteiger partial charge in [-0.3, -0.25) is 0 Å². The van der Waals surface area contributed by atoms with E-state index >= 15 is 0 Å². The van der Waals surface area contributed by atoms with E-state index in [0.29, 0.717) is 5.76 Å². The molecule has 0 unspecified atom stereocenters. The largest absolute Gasteiger partial charge is 0.507 e. The van der Waals surface area contributed by atoms with Crippen molar-refractivity contribution in [3.63, 3.8) is 0 Å². The van der Waals surface area contributed by atoms with Crippen molar-refractivity contribution in [2.75, 3.05) is 18.0 Å². The van der Waals surface area contributed by atoms with E-state index in [4.69, 9.17) is 0 Å². The van der Waals surface area contributed by atoms with Crippen LogP contribution in [0.15, 0.2) is 120 Å². The van der Waals surface area contributed by atoms with Crippen LogP contribution in [-0.2, 0) is 10.8 Å². The molecule has 0 saturated heterocycles. The SMILES string of the molecule is CCN1/C(=C/C=C2\CCCC(C=CC3=[N+](CC)c4ccc5ccccc5c4C3(C)C)=C2O)C(C)(C)c2c1ccc1ccccc21. The second-order valence-electron chi connectivity index (χ2n) is 13.8. The zero-order valence-corrected chi connectivity index (χ0v) is 27.6. The van der Waals surface area contributed by atoms with Crippen molar-refractivity contribution >= 4 is 38.6 Å². The molecule has 2 aliphatic heterocycles. The van der Waals surface area contributed by atoms with Gasteiger partial charge in [-0.2, -0.15) is 4.58 Å². The third-order valence-corrected chi connectivity index (χ3v) is 10.5. The quantitative estimate of drug-likeness (QED) is 0.233. The minimum absolute atomic E-state index is 0.145. The van der Waals surface area contributed by atoms with Gasteiger partial charge in [-0.1, -0.05) is 74.5 Å². The summed E-state index contributed by atoms with van der Waals surface area (Å²) in [6.07, 6.45) is 11.7. The number of nitrogens with zero attached hydrogens (tertiary/aromatic N) is 2. The first-order valence-electron chi connectivity index (χ1n) is 16.7. The molecule has 0 amide bonds. The minimum atomic E-state index is -0.145. The molecule has 3 heteroatoms. The number of benzene rings is 4. The van der Waals surface area contributed by atoms with Crippen LogP contribution in [0.3, 0.4) is 0 Å². The molecule has 4 aromatic carbocycles. The summed E-state index contributed by atoms with van der Waals surface area (Å²) in [7, 11) is 0.